The lowest BCUT2D eigenvalue weighted by Gasteiger charge is -2.15. The van der Waals surface area contributed by atoms with Gasteiger partial charge in [0.05, 0.1) is 13.0 Å². The van der Waals surface area contributed by atoms with Crippen LogP contribution in [0, 0.1) is 18.7 Å². The lowest BCUT2D eigenvalue weighted by molar-refractivity contribution is -0.128. The maximum Gasteiger partial charge on any atom is 0.226 e. The van der Waals surface area contributed by atoms with Crippen molar-refractivity contribution in [1.82, 2.24) is 10.2 Å². The zero-order valence-electron chi connectivity index (χ0n) is 16.4. The van der Waals surface area contributed by atoms with Crippen molar-refractivity contribution in [2.45, 2.75) is 51.9 Å². The summed E-state index contributed by atoms with van der Waals surface area (Å²) in [5.74, 6) is 0.802. The third-order valence-corrected chi connectivity index (χ3v) is 4.81. The quantitative estimate of drug-likeness (QED) is 0.837. The van der Waals surface area contributed by atoms with Crippen LogP contribution in [0.2, 0.25) is 0 Å². The number of piperidine rings is 1. The van der Waals surface area contributed by atoms with Gasteiger partial charge in [-0.1, -0.05) is 19.3 Å². The largest absolute Gasteiger partial charge is 0.493 e. The molecule has 1 aliphatic carbocycles. The minimum absolute atomic E-state index is 0.0396. The van der Waals surface area contributed by atoms with Crippen LogP contribution < -0.4 is 10.1 Å². The van der Waals surface area contributed by atoms with Gasteiger partial charge in [0.2, 0.25) is 5.91 Å². The lowest BCUT2D eigenvalue weighted by Crippen LogP contribution is -2.24. The molecule has 0 unspecified atom stereocenters. The Hall–Kier alpha value is -1.62. The van der Waals surface area contributed by atoms with E-state index >= 15 is 0 Å². The Kier molecular flexibility index (Phi) is 8.36. The van der Waals surface area contributed by atoms with E-state index in [-0.39, 0.29) is 18.1 Å². The SMILES string of the molecule is C1CCNCC1.Cc1cc(F)c(CC(=O)N(C)C)c(OCCC2CC2)c1. The van der Waals surface area contributed by atoms with E-state index in [0.29, 0.717) is 17.9 Å². The molecular weight excluding hydrogens is 331 g/mol. The molecule has 0 bridgehead atoms. The van der Waals surface area contributed by atoms with Gasteiger partial charge in [-0.3, -0.25) is 4.79 Å². The maximum absolute atomic E-state index is 14.1. The lowest BCUT2D eigenvalue weighted by atomic mass is 10.1. The fourth-order valence-electron chi connectivity index (χ4n) is 2.89. The zero-order chi connectivity index (χ0) is 18.9. The van der Waals surface area contributed by atoms with Gasteiger partial charge in [-0.2, -0.15) is 0 Å². The van der Waals surface area contributed by atoms with E-state index in [9.17, 15) is 9.18 Å². The number of amides is 1. The van der Waals surface area contributed by atoms with Crippen LogP contribution >= 0.6 is 0 Å². The number of hydrogen-bond donors (Lipinski definition) is 1. The molecule has 1 aliphatic heterocycles. The van der Waals surface area contributed by atoms with Crippen molar-refractivity contribution in [3.63, 3.8) is 0 Å². The normalized spacial score (nSPS) is 16.5. The van der Waals surface area contributed by atoms with Gasteiger partial charge in [0.1, 0.15) is 11.6 Å². The molecule has 1 heterocycles. The van der Waals surface area contributed by atoms with Gasteiger partial charge in [-0.15, -0.1) is 0 Å². The summed E-state index contributed by atoms with van der Waals surface area (Å²) in [7, 11) is 3.34. The number of hydrogen-bond acceptors (Lipinski definition) is 3. The van der Waals surface area contributed by atoms with Crippen LogP contribution in [0.15, 0.2) is 12.1 Å². The maximum atomic E-state index is 14.1. The topological polar surface area (TPSA) is 41.6 Å². The van der Waals surface area contributed by atoms with Crippen molar-refractivity contribution >= 4 is 5.91 Å². The molecule has 4 nitrogen and oxygen atoms in total. The third-order valence-electron chi connectivity index (χ3n) is 4.81. The van der Waals surface area contributed by atoms with E-state index in [1.807, 2.05) is 13.0 Å². The van der Waals surface area contributed by atoms with Crippen molar-refractivity contribution in [1.29, 1.82) is 0 Å². The monoisotopic (exact) mass is 364 g/mol. The number of nitrogens with one attached hydrogen (secondary N) is 1. The molecular formula is C21H33FN2O2. The van der Waals surface area contributed by atoms with Crippen LogP contribution in [0.1, 0.15) is 49.7 Å². The number of carbonyl (C=O) groups excluding carboxylic acids is 1. The summed E-state index contributed by atoms with van der Waals surface area (Å²) in [5.41, 5.74) is 1.18. The van der Waals surface area contributed by atoms with E-state index in [4.69, 9.17) is 4.74 Å². The smallest absolute Gasteiger partial charge is 0.226 e. The van der Waals surface area contributed by atoms with E-state index < -0.39 is 0 Å². The summed E-state index contributed by atoms with van der Waals surface area (Å²) >= 11 is 0. The molecule has 2 fully saturated rings. The Bertz CT molecular complexity index is 570. The van der Waals surface area contributed by atoms with Crippen LogP contribution in [0.4, 0.5) is 4.39 Å². The number of carbonyl (C=O) groups is 1. The highest BCUT2D eigenvalue weighted by Gasteiger charge is 2.21. The van der Waals surface area contributed by atoms with Crippen LogP contribution in [-0.2, 0) is 11.2 Å². The molecule has 0 atom stereocenters. The summed E-state index contributed by atoms with van der Waals surface area (Å²) in [4.78, 5) is 13.3. The molecule has 2 aliphatic rings. The highest BCUT2D eigenvalue weighted by Crippen LogP contribution is 2.33. The number of ether oxygens (including phenoxy) is 1. The predicted octanol–water partition coefficient (Wildman–Crippen LogP) is 3.70. The van der Waals surface area contributed by atoms with Crippen molar-refractivity contribution in [2.75, 3.05) is 33.8 Å². The molecule has 1 saturated heterocycles. The standard InChI is InChI=1S/C16H22FNO2.C5H11N/c1-11-8-14(17)13(10-16(19)18(2)3)15(9-11)20-7-6-12-4-5-12;1-2-4-6-5-3-1/h8-9,12H,4-7,10H2,1-3H3;6H,1-5H2. The molecule has 146 valence electrons. The van der Waals surface area contributed by atoms with E-state index in [0.717, 1.165) is 17.9 Å². The fourth-order valence-corrected chi connectivity index (χ4v) is 2.89. The molecule has 1 aromatic carbocycles. The molecule has 1 amide bonds. The Morgan fingerprint density at radius 1 is 1.23 bits per heavy atom. The minimum atomic E-state index is -0.360. The summed E-state index contributed by atoms with van der Waals surface area (Å²) < 4.78 is 19.8. The second-order valence-electron chi connectivity index (χ2n) is 7.58. The molecule has 5 heteroatoms. The van der Waals surface area contributed by atoms with Crippen LogP contribution in [0.25, 0.3) is 0 Å². The number of likely N-dealkylation sites (N-methyl/N-ethyl adjacent to an activating group) is 1. The van der Waals surface area contributed by atoms with Gasteiger partial charge in [0, 0.05) is 19.7 Å². The number of nitrogens with zero attached hydrogens (tertiary/aromatic N) is 1. The fraction of sp³-hybridized carbons (Fsp3) is 0.667. The van der Waals surface area contributed by atoms with Gasteiger partial charge in [-0.25, -0.2) is 4.39 Å². The summed E-state index contributed by atoms with van der Waals surface area (Å²) in [6, 6.07) is 3.26. The first-order valence-electron chi connectivity index (χ1n) is 9.80. The molecule has 3 rings (SSSR count). The minimum Gasteiger partial charge on any atom is -0.493 e. The predicted molar refractivity (Wildman–Crippen MR) is 103 cm³/mol. The zero-order valence-corrected chi connectivity index (χ0v) is 16.4. The summed E-state index contributed by atoms with van der Waals surface area (Å²) in [6.07, 6.45) is 7.82. The van der Waals surface area contributed by atoms with E-state index in [2.05, 4.69) is 5.32 Å². The van der Waals surface area contributed by atoms with Gasteiger partial charge in [0.25, 0.3) is 0 Å². The van der Waals surface area contributed by atoms with Gasteiger partial charge in [-0.05, 0) is 62.9 Å². The highest BCUT2D eigenvalue weighted by atomic mass is 19.1. The van der Waals surface area contributed by atoms with Crippen molar-refractivity contribution in [2.24, 2.45) is 5.92 Å². The van der Waals surface area contributed by atoms with Crippen molar-refractivity contribution in [3.05, 3.63) is 29.1 Å². The molecule has 0 aromatic heterocycles. The molecule has 0 radical (unpaired) electrons. The van der Waals surface area contributed by atoms with Crippen molar-refractivity contribution < 1.29 is 13.9 Å². The Balaban J connectivity index is 0.000000342. The Labute approximate surface area is 157 Å². The second-order valence-corrected chi connectivity index (χ2v) is 7.58. The van der Waals surface area contributed by atoms with Gasteiger partial charge < -0.3 is 15.0 Å². The Morgan fingerprint density at radius 2 is 1.92 bits per heavy atom. The van der Waals surface area contributed by atoms with E-state index in [1.54, 1.807) is 14.1 Å². The first-order chi connectivity index (χ1) is 12.5. The summed E-state index contributed by atoms with van der Waals surface area (Å²) in [6.45, 7) is 4.92. The van der Waals surface area contributed by atoms with Gasteiger partial charge in [0.15, 0.2) is 0 Å². The van der Waals surface area contributed by atoms with Crippen LogP contribution in [0.5, 0.6) is 5.75 Å². The average molecular weight is 365 g/mol. The van der Waals surface area contributed by atoms with E-state index in [1.165, 1.54) is 56.2 Å². The molecule has 26 heavy (non-hydrogen) atoms. The number of rotatable bonds is 6. The molecule has 1 aromatic rings. The van der Waals surface area contributed by atoms with Crippen molar-refractivity contribution in [3.8, 4) is 5.75 Å². The number of benzene rings is 1. The highest BCUT2D eigenvalue weighted by molar-refractivity contribution is 5.79. The molecule has 0 spiro atoms. The first-order valence-corrected chi connectivity index (χ1v) is 9.80. The van der Waals surface area contributed by atoms with Gasteiger partial charge >= 0.3 is 0 Å². The number of aryl methyl sites for hydroxylation is 1. The first kappa shape index (κ1) is 20.7. The number of halogens is 1. The molecule has 1 N–H and O–H groups in total. The summed E-state index contributed by atoms with van der Waals surface area (Å²) in [5, 5.41) is 3.28. The molecule has 1 saturated carbocycles. The van der Waals surface area contributed by atoms with Crippen LogP contribution in [-0.4, -0.2) is 44.6 Å². The Morgan fingerprint density at radius 3 is 2.42 bits per heavy atom. The second kappa shape index (κ2) is 10.5. The average Bonchev–Trinajstić information content (AvgIpc) is 3.44. The van der Waals surface area contributed by atoms with Crippen LogP contribution in [0.3, 0.4) is 0 Å². The third kappa shape index (κ3) is 7.32.